The van der Waals surface area contributed by atoms with E-state index in [-0.39, 0.29) is 44.2 Å². The third kappa shape index (κ3) is 6.42. The fourth-order valence-corrected chi connectivity index (χ4v) is 13.2. The maximum atomic E-state index is 6.87. The Morgan fingerprint density at radius 1 is 0.527 bits per heavy atom. The number of para-hydroxylation sites is 2. The second kappa shape index (κ2) is 16.8. The molecule has 2 aromatic heterocycles. The van der Waals surface area contributed by atoms with Gasteiger partial charge in [0.1, 0.15) is 5.82 Å². The quantitative estimate of drug-likeness (QED) is 0.155. The van der Waals surface area contributed by atoms with Crippen molar-refractivity contribution in [3.63, 3.8) is 0 Å². The fraction of sp³-hybridized carbons (Fsp3) is 0.118. The standard InChI is InChI=1S/C68H49N4O.Pt/c1-67(2,3)45-36-37-69-63(39-45)72-59-35-32-44(43-18-5-4-6-19-43)38-56(59)49-34-33-48(41-62(49)72)73-47-21-17-20-46(40-47)70-42-71(61-31-16-15-30-60(61)70)68-57-28-13-11-26-54(57)65(55-27-12-14-29-58(55)68)64-50-22-7-9-24-52(50)66(68)53-25-10-8-23-51(53)64;/h4-39,42,64-66H,1-3H3;/q-3;. The van der Waals surface area contributed by atoms with Gasteiger partial charge in [0.05, 0.1) is 5.54 Å². The summed E-state index contributed by atoms with van der Waals surface area (Å²) in [7, 11) is 0. The third-order valence-corrected chi connectivity index (χ3v) is 16.3. The van der Waals surface area contributed by atoms with Crippen molar-refractivity contribution in [2.45, 2.75) is 49.5 Å². The minimum absolute atomic E-state index is 0. The number of benzene rings is 9. The van der Waals surface area contributed by atoms with Gasteiger partial charge < -0.3 is 19.1 Å². The van der Waals surface area contributed by atoms with Gasteiger partial charge in [-0.15, -0.1) is 41.4 Å². The first-order chi connectivity index (χ1) is 35.8. The van der Waals surface area contributed by atoms with Gasteiger partial charge >= 0.3 is 0 Å². The monoisotopic (exact) mass is 1130 g/mol. The molecule has 5 nitrogen and oxygen atoms in total. The van der Waals surface area contributed by atoms with Crippen LogP contribution in [0.3, 0.4) is 0 Å². The Kier molecular flexibility index (Phi) is 10.1. The second-order valence-electron chi connectivity index (χ2n) is 21.1. The van der Waals surface area contributed by atoms with Crippen molar-refractivity contribution in [3.05, 3.63) is 287 Å². The summed E-state index contributed by atoms with van der Waals surface area (Å²) in [4.78, 5) is 9.88. The van der Waals surface area contributed by atoms with Gasteiger partial charge in [-0.05, 0) is 102 Å². The summed E-state index contributed by atoms with van der Waals surface area (Å²) in [5.74, 6) is 2.35. The van der Waals surface area contributed by atoms with E-state index < -0.39 is 5.54 Å². The Hall–Kier alpha value is -7.98. The van der Waals surface area contributed by atoms with Crippen LogP contribution >= 0.6 is 0 Å². The molecule has 4 bridgehead atoms. The molecule has 6 aliphatic carbocycles. The molecule has 360 valence electrons. The topological polar surface area (TPSA) is 33.5 Å². The average molecular weight is 1130 g/mol. The predicted octanol–water partition coefficient (Wildman–Crippen LogP) is 16.3. The first-order valence-electron chi connectivity index (χ1n) is 25.5. The van der Waals surface area contributed by atoms with Crippen LogP contribution in [0.25, 0.3) is 38.8 Å². The van der Waals surface area contributed by atoms with Crippen LogP contribution in [0.2, 0.25) is 0 Å². The van der Waals surface area contributed by atoms with Crippen molar-refractivity contribution >= 4 is 38.9 Å². The normalized spacial score (nSPS) is 18.7. The summed E-state index contributed by atoms with van der Waals surface area (Å²) in [5, 5.41) is 2.21. The second-order valence-corrected chi connectivity index (χ2v) is 21.1. The summed E-state index contributed by atoms with van der Waals surface area (Å²) < 4.78 is 9.10. The van der Waals surface area contributed by atoms with Crippen LogP contribution in [0.15, 0.2) is 219 Å². The summed E-state index contributed by atoms with van der Waals surface area (Å²) in [6.45, 7) is 9.06. The van der Waals surface area contributed by atoms with E-state index in [2.05, 4.69) is 254 Å². The molecule has 0 radical (unpaired) electrons. The predicted molar refractivity (Wildman–Crippen MR) is 294 cm³/mol. The van der Waals surface area contributed by atoms with Gasteiger partial charge in [-0.1, -0.05) is 178 Å². The van der Waals surface area contributed by atoms with E-state index in [1.807, 2.05) is 18.3 Å². The molecule has 3 heterocycles. The van der Waals surface area contributed by atoms with E-state index in [9.17, 15) is 0 Å². The van der Waals surface area contributed by atoms with Crippen LogP contribution in [0, 0.1) is 18.8 Å². The number of ether oxygens (including phenoxy) is 1. The molecule has 0 unspecified atom stereocenters. The molecule has 11 aromatic rings. The van der Waals surface area contributed by atoms with Crippen LogP contribution in [-0.4, -0.2) is 9.55 Å². The van der Waals surface area contributed by atoms with Crippen molar-refractivity contribution < 1.29 is 25.8 Å². The molecule has 9 aromatic carbocycles. The molecule has 0 atom stereocenters. The summed E-state index contributed by atoms with van der Waals surface area (Å²) >= 11 is 0. The molecule has 0 spiro atoms. The van der Waals surface area contributed by atoms with Crippen LogP contribution in [0.5, 0.6) is 11.5 Å². The largest absolute Gasteiger partial charge is 0.509 e. The SMILES string of the molecule is CC(C)(C)c1ccnc(-n2c3[c-]c(Oc4[c-]c(N5[CH-]N(C67c8ccccc8C(c8ccccc86)C6c8ccccc8C7c7ccccc76)c6ccccc65)ccc4)ccc3c3cc(-c4ccccc4)ccc32)c1.[Pt]. The van der Waals surface area contributed by atoms with Gasteiger partial charge in [0, 0.05) is 73.4 Å². The minimum atomic E-state index is -0.661. The number of rotatable bonds is 6. The summed E-state index contributed by atoms with van der Waals surface area (Å²) in [5.41, 5.74) is 19.0. The first kappa shape index (κ1) is 44.7. The molecule has 18 rings (SSSR count). The summed E-state index contributed by atoms with van der Waals surface area (Å²) in [6.07, 6.45) is 1.92. The van der Waals surface area contributed by atoms with Gasteiger partial charge in [-0.3, -0.25) is 0 Å². The smallest absolute Gasteiger partial charge is 0.135 e. The summed E-state index contributed by atoms with van der Waals surface area (Å²) in [6, 6.07) is 85.5. The molecule has 74 heavy (non-hydrogen) atoms. The van der Waals surface area contributed by atoms with Crippen LogP contribution in [0.1, 0.15) is 88.6 Å². The van der Waals surface area contributed by atoms with E-state index in [1.54, 1.807) is 0 Å². The molecule has 0 amide bonds. The van der Waals surface area contributed by atoms with E-state index in [0.29, 0.717) is 11.5 Å². The van der Waals surface area contributed by atoms with Crippen molar-refractivity contribution in [1.29, 1.82) is 0 Å². The Morgan fingerprint density at radius 2 is 1.14 bits per heavy atom. The van der Waals surface area contributed by atoms with Gasteiger partial charge in [0.25, 0.3) is 0 Å². The zero-order valence-electron chi connectivity index (χ0n) is 41.1. The molecular weight excluding hydrogens is 1080 g/mol. The molecule has 7 aliphatic rings. The number of anilines is 3. The number of hydrogen-bond donors (Lipinski definition) is 0. The molecule has 6 heteroatoms. The van der Waals surface area contributed by atoms with Crippen molar-refractivity contribution in [2.24, 2.45) is 0 Å². The van der Waals surface area contributed by atoms with Gasteiger partial charge in [0.15, 0.2) is 0 Å². The average Bonchev–Trinajstić information content (AvgIpc) is 4.03. The number of nitrogens with zero attached hydrogens (tertiary/aromatic N) is 4. The van der Waals surface area contributed by atoms with Crippen LogP contribution < -0.4 is 14.5 Å². The van der Waals surface area contributed by atoms with E-state index in [1.165, 1.54) is 55.6 Å². The number of aromatic nitrogens is 2. The fourth-order valence-electron chi connectivity index (χ4n) is 13.2. The third-order valence-electron chi connectivity index (χ3n) is 16.3. The molecule has 1 aliphatic heterocycles. The zero-order chi connectivity index (χ0) is 48.6. The molecule has 0 saturated carbocycles. The zero-order valence-corrected chi connectivity index (χ0v) is 43.4. The van der Waals surface area contributed by atoms with Gasteiger partial charge in [-0.2, -0.15) is 18.8 Å². The van der Waals surface area contributed by atoms with E-state index in [0.717, 1.165) is 50.2 Å². The number of fused-ring (bicyclic) bond motifs is 4. The first-order valence-corrected chi connectivity index (χ1v) is 25.5. The number of hydrogen-bond acceptors (Lipinski definition) is 4. The van der Waals surface area contributed by atoms with Gasteiger partial charge in [0.2, 0.25) is 0 Å². The van der Waals surface area contributed by atoms with Crippen molar-refractivity contribution in [3.8, 4) is 28.4 Å². The molecular formula is C68H49N4OPt-3. The Morgan fingerprint density at radius 3 is 1.84 bits per heavy atom. The molecule has 0 saturated heterocycles. The van der Waals surface area contributed by atoms with E-state index >= 15 is 0 Å². The van der Waals surface area contributed by atoms with Crippen LogP contribution in [0.4, 0.5) is 17.1 Å². The Bertz CT molecular complexity index is 3940. The van der Waals surface area contributed by atoms with E-state index in [4.69, 9.17) is 9.72 Å². The van der Waals surface area contributed by atoms with Gasteiger partial charge in [-0.25, -0.2) is 4.98 Å². The maximum Gasteiger partial charge on any atom is 0.135 e. The Balaban J connectivity index is 0.00000505. The maximum absolute atomic E-state index is 6.87. The molecule has 0 fully saturated rings. The molecule has 0 N–H and O–H groups in total. The minimum Gasteiger partial charge on any atom is -0.509 e. The Labute approximate surface area is 446 Å². The number of pyridine rings is 1. The van der Waals surface area contributed by atoms with Crippen molar-refractivity contribution in [1.82, 2.24) is 9.55 Å². The van der Waals surface area contributed by atoms with Crippen molar-refractivity contribution in [2.75, 3.05) is 9.80 Å². The van der Waals surface area contributed by atoms with Crippen LogP contribution in [-0.2, 0) is 32.0 Å².